The summed E-state index contributed by atoms with van der Waals surface area (Å²) in [4.78, 5) is 26.6. The van der Waals surface area contributed by atoms with Crippen molar-refractivity contribution in [3.8, 4) is 0 Å². The van der Waals surface area contributed by atoms with Crippen LogP contribution in [-0.4, -0.2) is 48.9 Å². The van der Waals surface area contributed by atoms with E-state index in [1.807, 2.05) is 4.90 Å². The molecule has 2 amide bonds. The highest BCUT2D eigenvalue weighted by molar-refractivity contribution is 5.82. The molecule has 0 aromatic heterocycles. The van der Waals surface area contributed by atoms with Gasteiger partial charge in [-0.15, -0.1) is 0 Å². The second-order valence-electron chi connectivity index (χ2n) is 7.93. The molecule has 1 aliphatic carbocycles. The van der Waals surface area contributed by atoms with Crippen LogP contribution < -0.4 is 10.6 Å². The average Bonchev–Trinajstić information content (AvgIpc) is 3.31. The Labute approximate surface area is 145 Å². The smallest absolute Gasteiger partial charge is 0.237 e. The Hall–Kier alpha value is -1.10. The van der Waals surface area contributed by atoms with E-state index in [0.29, 0.717) is 18.4 Å². The minimum Gasteiger partial charge on any atom is -0.354 e. The van der Waals surface area contributed by atoms with Crippen molar-refractivity contribution in [3.63, 3.8) is 0 Å². The predicted molar refractivity (Wildman–Crippen MR) is 94.5 cm³/mol. The predicted octanol–water partition coefficient (Wildman–Crippen LogP) is 2.06. The lowest BCUT2D eigenvalue weighted by molar-refractivity contribution is -0.133. The van der Waals surface area contributed by atoms with Gasteiger partial charge in [0.25, 0.3) is 0 Å². The molecule has 136 valence electrons. The van der Waals surface area contributed by atoms with Crippen molar-refractivity contribution in [2.45, 2.75) is 70.3 Å². The maximum Gasteiger partial charge on any atom is 0.237 e. The fourth-order valence-corrected chi connectivity index (χ4v) is 4.52. The Morgan fingerprint density at radius 3 is 2.54 bits per heavy atom. The standard InChI is InChI=1S/C19H33N3O2/c23-18(10-9-15-5-1-2-6-15)22-12-4-7-16(14-22)13-21-19(24)17-8-3-11-20-17/h15-17,20H,1-14H2,(H,21,24). The SMILES string of the molecule is O=C(NCC1CCCN(C(=O)CCC2CCCC2)C1)C1CCCN1. The van der Waals surface area contributed by atoms with E-state index in [1.54, 1.807) is 0 Å². The third kappa shape index (κ3) is 4.95. The normalized spacial score (nSPS) is 28.2. The van der Waals surface area contributed by atoms with Crippen LogP contribution >= 0.6 is 0 Å². The number of hydrogen-bond acceptors (Lipinski definition) is 3. The van der Waals surface area contributed by atoms with Crippen LogP contribution in [0.25, 0.3) is 0 Å². The molecule has 5 nitrogen and oxygen atoms in total. The van der Waals surface area contributed by atoms with Gasteiger partial charge in [0.15, 0.2) is 0 Å². The number of piperidine rings is 1. The zero-order valence-corrected chi connectivity index (χ0v) is 14.9. The van der Waals surface area contributed by atoms with E-state index in [-0.39, 0.29) is 11.9 Å². The summed E-state index contributed by atoms with van der Waals surface area (Å²) in [5.74, 6) is 1.67. The molecule has 2 aliphatic heterocycles. The minimum absolute atomic E-state index is 0.00210. The first-order valence-electron chi connectivity index (χ1n) is 10.0. The number of hydrogen-bond donors (Lipinski definition) is 2. The van der Waals surface area contributed by atoms with Crippen LogP contribution in [0.5, 0.6) is 0 Å². The van der Waals surface area contributed by atoms with Crippen molar-refractivity contribution in [2.24, 2.45) is 11.8 Å². The van der Waals surface area contributed by atoms with Gasteiger partial charge >= 0.3 is 0 Å². The van der Waals surface area contributed by atoms with E-state index < -0.39 is 0 Å². The zero-order chi connectivity index (χ0) is 16.8. The summed E-state index contributed by atoms with van der Waals surface area (Å²) < 4.78 is 0. The number of nitrogens with one attached hydrogen (secondary N) is 2. The van der Waals surface area contributed by atoms with Gasteiger partial charge in [-0.05, 0) is 50.5 Å². The van der Waals surface area contributed by atoms with Crippen molar-refractivity contribution < 1.29 is 9.59 Å². The van der Waals surface area contributed by atoms with Crippen molar-refractivity contribution >= 4 is 11.8 Å². The van der Waals surface area contributed by atoms with Crippen LogP contribution in [0, 0.1) is 11.8 Å². The molecule has 5 heteroatoms. The molecule has 2 heterocycles. The summed E-state index contributed by atoms with van der Waals surface area (Å²) in [5.41, 5.74) is 0. The van der Waals surface area contributed by atoms with E-state index >= 15 is 0 Å². The largest absolute Gasteiger partial charge is 0.354 e. The number of carbonyl (C=O) groups excluding carboxylic acids is 2. The third-order valence-corrected chi connectivity index (χ3v) is 6.05. The Bertz CT molecular complexity index is 428. The van der Waals surface area contributed by atoms with Crippen molar-refractivity contribution in [1.29, 1.82) is 0 Å². The first-order valence-corrected chi connectivity index (χ1v) is 10.0. The summed E-state index contributed by atoms with van der Waals surface area (Å²) in [6.45, 7) is 3.38. The first kappa shape index (κ1) is 17.7. The lowest BCUT2D eigenvalue weighted by atomic mass is 9.96. The second kappa shape index (κ2) is 8.84. The van der Waals surface area contributed by atoms with E-state index in [1.165, 1.54) is 25.7 Å². The molecule has 2 N–H and O–H groups in total. The Morgan fingerprint density at radius 1 is 1.00 bits per heavy atom. The number of carbonyl (C=O) groups is 2. The van der Waals surface area contributed by atoms with Gasteiger partial charge in [0.2, 0.25) is 11.8 Å². The molecule has 3 rings (SSSR count). The van der Waals surface area contributed by atoms with E-state index in [4.69, 9.17) is 0 Å². The van der Waals surface area contributed by atoms with Crippen molar-refractivity contribution in [3.05, 3.63) is 0 Å². The van der Waals surface area contributed by atoms with Crippen LogP contribution in [0.3, 0.4) is 0 Å². The molecule has 3 aliphatic rings. The van der Waals surface area contributed by atoms with Crippen molar-refractivity contribution in [2.75, 3.05) is 26.2 Å². The fraction of sp³-hybridized carbons (Fsp3) is 0.895. The molecule has 3 fully saturated rings. The van der Waals surface area contributed by atoms with E-state index in [2.05, 4.69) is 10.6 Å². The summed E-state index contributed by atoms with van der Waals surface area (Å²) in [6, 6.07) is -0.00210. The van der Waals surface area contributed by atoms with Gasteiger partial charge in [-0.2, -0.15) is 0 Å². The third-order valence-electron chi connectivity index (χ3n) is 6.05. The highest BCUT2D eigenvalue weighted by atomic mass is 16.2. The number of rotatable bonds is 6. The van der Waals surface area contributed by atoms with Crippen LogP contribution in [0.1, 0.15) is 64.2 Å². The van der Waals surface area contributed by atoms with Gasteiger partial charge < -0.3 is 15.5 Å². The lowest BCUT2D eigenvalue weighted by Gasteiger charge is -2.33. The summed E-state index contributed by atoms with van der Waals surface area (Å²) in [7, 11) is 0. The zero-order valence-electron chi connectivity index (χ0n) is 14.9. The first-order chi connectivity index (χ1) is 11.7. The molecule has 2 unspecified atom stereocenters. The van der Waals surface area contributed by atoms with Gasteiger partial charge in [-0.1, -0.05) is 25.7 Å². The van der Waals surface area contributed by atoms with Crippen LogP contribution in [-0.2, 0) is 9.59 Å². The van der Waals surface area contributed by atoms with Crippen LogP contribution in [0.15, 0.2) is 0 Å². The average molecular weight is 335 g/mol. The summed E-state index contributed by atoms with van der Waals surface area (Å²) in [5, 5.41) is 6.33. The Balaban J connectivity index is 1.36. The van der Waals surface area contributed by atoms with E-state index in [0.717, 1.165) is 64.1 Å². The Kier molecular flexibility index (Phi) is 6.52. The quantitative estimate of drug-likeness (QED) is 0.781. The molecular formula is C19H33N3O2. The molecule has 0 aromatic carbocycles. The van der Waals surface area contributed by atoms with Gasteiger partial charge in [-0.25, -0.2) is 0 Å². The highest BCUT2D eigenvalue weighted by Crippen LogP contribution is 2.29. The molecule has 0 bridgehead atoms. The lowest BCUT2D eigenvalue weighted by Crippen LogP contribution is -2.46. The molecule has 2 atom stereocenters. The molecule has 0 spiro atoms. The van der Waals surface area contributed by atoms with Crippen molar-refractivity contribution in [1.82, 2.24) is 15.5 Å². The second-order valence-corrected chi connectivity index (χ2v) is 7.93. The fourth-order valence-electron chi connectivity index (χ4n) is 4.52. The maximum atomic E-state index is 12.5. The monoisotopic (exact) mass is 335 g/mol. The maximum absolute atomic E-state index is 12.5. The van der Waals surface area contributed by atoms with Crippen LogP contribution in [0.2, 0.25) is 0 Å². The summed E-state index contributed by atoms with van der Waals surface area (Å²) >= 11 is 0. The number of amides is 2. The van der Waals surface area contributed by atoms with Gasteiger partial charge in [-0.3, -0.25) is 9.59 Å². The van der Waals surface area contributed by atoms with Gasteiger partial charge in [0.1, 0.15) is 0 Å². The highest BCUT2D eigenvalue weighted by Gasteiger charge is 2.27. The van der Waals surface area contributed by atoms with E-state index in [9.17, 15) is 9.59 Å². The minimum atomic E-state index is -0.00210. The molecule has 24 heavy (non-hydrogen) atoms. The molecular weight excluding hydrogens is 302 g/mol. The van der Waals surface area contributed by atoms with Gasteiger partial charge in [0.05, 0.1) is 6.04 Å². The summed E-state index contributed by atoms with van der Waals surface area (Å²) in [6.07, 6.45) is 11.3. The molecule has 1 saturated carbocycles. The molecule has 0 aromatic rings. The Morgan fingerprint density at radius 2 is 1.79 bits per heavy atom. The number of likely N-dealkylation sites (tertiary alicyclic amines) is 1. The molecule has 0 radical (unpaired) electrons. The van der Waals surface area contributed by atoms with Crippen LogP contribution in [0.4, 0.5) is 0 Å². The molecule has 2 saturated heterocycles. The topological polar surface area (TPSA) is 61.4 Å². The van der Waals surface area contributed by atoms with Gasteiger partial charge in [0, 0.05) is 26.1 Å². The number of nitrogens with zero attached hydrogens (tertiary/aromatic N) is 1.